The number of anilines is 1. The van der Waals surface area contributed by atoms with Gasteiger partial charge in [-0.3, -0.25) is 9.10 Å². The van der Waals surface area contributed by atoms with E-state index in [2.05, 4.69) is 36.4 Å². The summed E-state index contributed by atoms with van der Waals surface area (Å²) in [5.41, 5.74) is 1.84. The van der Waals surface area contributed by atoms with Crippen molar-refractivity contribution in [2.75, 3.05) is 32.0 Å². The lowest BCUT2D eigenvalue weighted by Crippen LogP contribution is -2.35. The van der Waals surface area contributed by atoms with E-state index in [9.17, 15) is 13.2 Å². The summed E-state index contributed by atoms with van der Waals surface area (Å²) < 4.78 is 27.7. The third kappa shape index (κ3) is 6.94. The smallest absolute Gasteiger partial charge is 0.264 e. The van der Waals surface area contributed by atoms with Crippen molar-refractivity contribution in [3.8, 4) is 0 Å². The van der Waals surface area contributed by atoms with Crippen LogP contribution in [-0.4, -0.2) is 46.9 Å². The first kappa shape index (κ1) is 30.7. The van der Waals surface area contributed by atoms with Crippen molar-refractivity contribution in [1.29, 1.82) is 0 Å². The van der Waals surface area contributed by atoms with Crippen LogP contribution in [0, 0.1) is 11.8 Å². The SMILES string of the molecule is CN(C)C(c1ccc(Cl)cc1)C1CCC(CNC(=O)c2ccccc2N(C)S(=O)(=O)c2ccc(Cl)c(Cl)c2)CC1. The number of nitrogens with zero attached hydrogens (tertiary/aromatic N) is 2. The molecule has 1 unspecified atom stereocenters. The predicted octanol–water partition coefficient (Wildman–Crippen LogP) is 7.31. The van der Waals surface area contributed by atoms with Gasteiger partial charge >= 0.3 is 0 Å². The van der Waals surface area contributed by atoms with Crippen molar-refractivity contribution in [3.63, 3.8) is 0 Å². The Morgan fingerprint density at radius 2 is 1.55 bits per heavy atom. The van der Waals surface area contributed by atoms with E-state index in [0.717, 1.165) is 35.0 Å². The average Bonchev–Trinajstić information content (AvgIpc) is 2.94. The molecule has 1 aliphatic rings. The van der Waals surface area contributed by atoms with Gasteiger partial charge in [-0.15, -0.1) is 0 Å². The molecule has 40 heavy (non-hydrogen) atoms. The molecule has 3 aromatic carbocycles. The minimum Gasteiger partial charge on any atom is -0.352 e. The Balaban J connectivity index is 1.40. The Kier molecular flexibility index (Phi) is 10.1. The monoisotopic (exact) mass is 621 g/mol. The number of nitrogens with one attached hydrogen (secondary N) is 1. The molecule has 214 valence electrons. The number of benzene rings is 3. The van der Waals surface area contributed by atoms with Crippen LogP contribution in [0.1, 0.15) is 47.6 Å². The average molecular weight is 623 g/mol. The molecule has 3 aromatic rings. The quantitative estimate of drug-likeness (QED) is 0.272. The van der Waals surface area contributed by atoms with Gasteiger partial charge in [-0.2, -0.15) is 0 Å². The first-order valence-electron chi connectivity index (χ1n) is 13.2. The van der Waals surface area contributed by atoms with Crippen LogP contribution in [0.3, 0.4) is 0 Å². The highest BCUT2D eigenvalue weighted by molar-refractivity contribution is 7.92. The number of carbonyl (C=O) groups excluding carboxylic acids is 1. The molecule has 0 bridgehead atoms. The summed E-state index contributed by atoms with van der Waals surface area (Å²) in [6.07, 6.45) is 4.15. The molecule has 0 saturated heterocycles. The lowest BCUT2D eigenvalue weighted by atomic mass is 9.76. The van der Waals surface area contributed by atoms with Crippen molar-refractivity contribution >= 4 is 56.4 Å². The highest BCUT2D eigenvalue weighted by Crippen LogP contribution is 2.39. The van der Waals surface area contributed by atoms with E-state index in [0.29, 0.717) is 24.4 Å². The Morgan fingerprint density at radius 1 is 0.900 bits per heavy atom. The number of para-hydroxylation sites is 1. The molecule has 1 N–H and O–H groups in total. The molecule has 6 nitrogen and oxygen atoms in total. The molecule has 1 amide bonds. The number of amides is 1. The van der Waals surface area contributed by atoms with Crippen LogP contribution in [-0.2, 0) is 10.0 Å². The second-order valence-electron chi connectivity index (χ2n) is 10.5. The summed E-state index contributed by atoms with van der Waals surface area (Å²) in [7, 11) is 1.68. The molecule has 0 spiro atoms. The van der Waals surface area contributed by atoms with E-state index < -0.39 is 10.0 Å². The second kappa shape index (κ2) is 13.1. The summed E-state index contributed by atoms with van der Waals surface area (Å²) in [5, 5.41) is 4.19. The van der Waals surface area contributed by atoms with Crippen LogP contribution >= 0.6 is 34.8 Å². The van der Waals surface area contributed by atoms with Gasteiger partial charge in [0.25, 0.3) is 15.9 Å². The molecule has 10 heteroatoms. The number of sulfonamides is 1. The van der Waals surface area contributed by atoms with Crippen molar-refractivity contribution < 1.29 is 13.2 Å². The minimum absolute atomic E-state index is 0.00833. The van der Waals surface area contributed by atoms with Gasteiger partial charge in [0.15, 0.2) is 0 Å². The van der Waals surface area contributed by atoms with E-state index >= 15 is 0 Å². The largest absolute Gasteiger partial charge is 0.352 e. The third-order valence-corrected chi connectivity index (χ3v) is 10.5. The van der Waals surface area contributed by atoms with Crippen molar-refractivity contribution in [2.24, 2.45) is 11.8 Å². The molecule has 1 saturated carbocycles. The van der Waals surface area contributed by atoms with Crippen LogP contribution in [0.4, 0.5) is 5.69 Å². The summed E-state index contributed by atoms with van der Waals surface area (Å²) in [6.45, 7) is 0.538. The maximum absolute atomic E-state index is 13.3. The fraction of sp³-hybridized carbons (Fsp3) is 0.367. The molecule has 1 atom stereocenters. The lowest BCUT2D eigenvalue weighted by molar-refractivity contribution is 0.0935. The summed E-state index contributed by atoms with van der Waals surface area (Å²) >= 11 is 18.1. The highest BCUT2D eigenvalue weighted by Gasteiger charge is 2.31. The highest BCUT2D eigenvalue weighted by atomic mass is 35.5. The molecule has 0 aromatic heterocycles. The van der Waals surface area contributed by atoms with Crippen LogP contribution in [0.25, 0.3) is 0 Å². The molecular formula is C30H34Cl3N3O3S. The lowest BCUT2D eigenvalue weighted by Gasteiger charge is -2.37. The van der Waals surface area contributed by atoms with Crippen LogP contribution in [0.2, 0.25) is 15.1 Å². The Morgan fingerprint density at radius 3 is 2.17 bits per heavy atom. The maximum Gasteiger partial charge on any atom is 0.264 e. The topological polar surface area (TPSA) is 69.7 Å². The first-order valence-corrected chi connectivity index (χ1v) is 15.8. The fourth-order valence-electron chi connectivity index (χ4n) is 5.56. The summed E-state index contributed by atoms with van der Waals surface area (Å²) in [6, 6.07) is 19.2. The normalized spacial score (nSPS) is 18.4. The van der Waals surface area contributed by atoms with Gasteiger partial charge in [-0.1, -0.05) is 59.1 Å². The van der Waals surface area contributed by atoms with Gasteiger partial charge in [0.2, 0.25) is 0 Å². The molecular weight excluding hydrogens is 589 g/mol. The van der Waals surface area contributed by atoms with Crippen molar-refractivity contribution in [2.45, 2.75) is 36.6 Å². The third-order valence-electron chi connectivity index (χ3n) is 7.69. The summed E-state index contributed by atoms with van der Waals surface area (Å²) in [5.74, 6) is 0.573. The summed E-state index contributed by atoms with van der Waals surface area (Å²) in [4.78, 5) is 15.5. The number of carbonyl (C=O) groups is 1. The molecule has 1 fully saturated rings. The maximum atomic E-state index is 13.3. The van der Waals surface area contributed by atoms with Gasteiger partial charge in [-0.25, -0.2) is 8.42 Å². The van der Waals surface area contributed by atoms with E-state index in [-0.39, 0.29) is 32.1 Å². The van der Waals surface area contributed by atoms with E-state index in [1.54, 1.807) is 24.3 Å². The van der Waals surface area contributed by atoms with Crippen molar-refractivity contribution in [1.82, 2.24) is 10.2 Å². The minimum atomic E-state index is -3.97. The van der Waals surface area contributed by atoms with Gasteiger partial charge in [0.05, 0.1) is 26.2 Å². The van der Waals surface area contributed by atoms with Crippen molar-refractivity contribution in [3.05, 3.63) is 92.9 Å². The molecule has 4 rings (SSSR count). The molecule has 1 aliphatic carbocycles. The molecule has 0 aliphatic heterocycles. The number of halogens is 3. The van der Waals surface area contributed by atoms with Gasteiger partial charge in [-0.05, 0) is 99.6 Å². The molecule has 0 radical (unpaired) electrons. The Labute approximate surface area is 252 Å². The van der Waals surface area contributed by atoms with Gasteiger partial charge in [0, 0.05) is 24.7 Å². The number of rotatable bonds is 9. The van der Waals surface area contributed by atoms with Crippen LogP contribution in [0.15, 0.2) is 71.6 Å². The molecule has 0 heterocycles. The van der Waals surface area contributed by atoms with E-state index in [1.807, 2.05) is 12.1 Å². The Bertz CT molecular complexity index is 1440. The number of hydrogen-bond donors (Lipinski definition) is 1. The van der Waals surface area contributed by atoms with Crippen LogP contribution < -0.4 is 9.62 Å². The second-order valence-corrected chi connectivity index (χ2v) is 13.7. The number of hydrogen-bond acceptors (Lipinski definition) is 4. The Hall–Kier alpha value is -2.29. The zero-order valence-corrected chi connectivity index (χ0v) is 25.9. The zero-order valence-electron chi connectivity index (χ0n) is 22.8. The van der Waals surface area contributed by atoms with E-state index in [4.69, 9.17) is 34.8 Å². The standard InChI is InChI=1S/C30H34Cl3N3O3S/c1-35(2)29(22-12-14-23(31)15-13-22)21-10-8-20(9-11-21)19-34-30(37)25-6-4-5-7-28(25)36(3)40(38,39)24-16-17-26(32)27(33)18-24/h4-7,12-18,20-21,29H,8-11,19H2,1-3H3,(H,34,37). The predicted molar refractivity (Wildman–Crippen MR) is 164 cm³/mol. The van der Waals surface area contributed by atoms with Gasteiger partial charge < -0.3 is 10.2 Å². The van der Waals surface area contributed by atoms with E-state index in [1.165, 1.54) is 30.8 Å². The first-order chi connectivity index (χ1) is 19.0. The van der Waals surface area contributed by atoms with Gasteiger partial charge in [0.1, 0.15) is 0 Å². The zero-order chi connectivity index (χ0) is 29.0. The fourth-order valence-corrected chi connectivity index (χ4v) is 7.29. The van der Waals surface area contributed by atoms with Crippen LogP contribution in [0.5, 0.6) is 0 Å².